The molecule has 0 atom stereocenters. The molecule has 0 aliphatic rings. The molecule has 2 rings (SSSR count). The van der Waals surface area contributed by atoms with E-state index in [2.05, 4.69) is 54.6 Å². The molecule has 1 aromatic heterocycles. The lowest BCUT2D eigenvalue weighted by Crippen LogP contribution is -2.10. The molecule has 0 aliphatic heterocycles. The fourth-order valence-corrected chi connectivity index (χ4v) is 2.76. The number of thiophene rings is 1. The van der Waals surface area contributed by atoms with E-state index in [0.717, 1.165) is 23.1 Å². The van der Waals surface area contributed by atoms with Crippen LogP contribution in [0.1, 0.15) is 10.4 Å². The van der Waals surface area contributed by atoms with Crippen LogP contribution in [0, 0.1) is 0 Å². The average Bonchev–Trinajstić information content (AvgIpc) is 2.74. The van der Waals surface area contributed by atoms with E-state index in [-0.39, 0.29) is 0 Å². The first-order chi connectivity index (χ1) is 8.63. The standard InChI is InChI=1S/C14H17ClN2S/c1-17(2)10-11-3-5-12(6-4-11)16-9-13-7-8-14(15)18-13/h3-8,16H,9-10H2,1-2H3. The quantitative estimate of drug-likeness (QED) is 0.888. The van der Waals surface area contributed by atoms with Gasteiger partial charge >= 0.3 is 0 Å². The zero-order chi connectivity index (χ0) is 13.0. The van der Waals surface area contributed by atoms with Crippen molar-refractivity contribution < 1.29 is 0 Å². The lowest BCUT2D eigenvalue weighted by molar-refractivity contribution is 0.402. The van der Waals surface area contributed by atoms with Crippen molar-refractivity contribution in [3.8, 4) is 0 Å². The third kappa shape index (κ3) is 4.02. The summed E-state index contributed by atoms with van der Waals surface area (Å²) < 4.78 is 0.841. The number of benzene rings is 1. The van der Waals surface area contributed by atoms with Gasteiger partial charge in [0.25, 0.3) is 0 Å². The molecule has 0 unspecified atom stereocenters. The Kier molecular flexibility index (Phi) is 4.64. The maximum atomic E-state index is 5.90. The van der Waals surface area contributed by atoms with Crippen LogP contribution in [-0.4, -0.2) is 19.0 Å². The molecular formula is C14H17ClN2S. The molecule has 0 aliphatic carbocycles. The number of nitrogens with one attached hydrogen (secondary N) is 1. The summed E-state index contributed by atoms with van der Waals surface area (Å²) in [5.41, 5.74) is 2.46. The molecule has 0 saturated carbocycles. The predicted molar refractivity (Wildman–Crippen MR) is 80.5 cm³/mol. The minimum Gasteiger partial charge on any atom is -0.380 e. The summed E-state index contributed by atoms with van der Waals surface area (Å²) in [6.07, 6.45) is 0. The number of hydrogen-bond acceptors (Lipinski definition) is 3. The van der Waals surface area contributed by atoms with Gasteiger partial charge in [-0.25, -0.2) is 0 Å². The largest absolute Gasteiger partial charge is 0.380 e. The van der Waals surface area contributed by atoms with Gasteiger partial charge in [-0.3, -0.25) is 0 Å². The Bertz CT molecular complexity index is 491. The van der Waals surface area contributed by atoms with Gasteiger partial charge in [-0.2, -0.15) is 0 Å². The maximum absolute atomic E-state index is 5.90. The number of hydrogen-bond donors (Lipinski definition) is 1. The van der Waals surface area contributed by atoms with Crippen LogP contribution in [0.25, 0.3) is 0 Å². The molecule has 4 heteroatoms. The van der Waals surface area contributed by atoms with E-state index in [9.17, 15) is 0 Å². The minimum absolute atomic E-state index is 0.824. The van der Waals surface area contributed by atoms with E-state index in [1.165, 1.54) is 10.4 Å². The zero-order valence-electron chi connectivity index (χ0n) is 10.6. The highest BCUT2D eigenvalue weighted by Gasteiger charge is 1.99. The highest BCUT2D eigenvalue weighted by Crippen LogP contribution is 2.22. The summed E-state index contributed by atoms with van der Waals surface area (Å²) in [7, 11) is 4.15. The van der Waals surface area contributed by atoms with Crippen molar-refractivity contribution in [3.63, 3.8) is 0 Å². The van der Waals surface area contributed by atoms with Crippen molar-refractivity contribution in [2.75, 3.05) is 19.4 Å². The van der Waals surface area contributed by atoms with E-state index in [4.69, 9.17) is 11.6 Å². The first-order valence-corrected chi connectivity index (χ1v) is 7.05. The number of nitrogens with zero attached hydrogens (tertiary/aromatic N) is 1. The zero-order valence-corrected chi connectivity index (χ0v) is 12.2. The molecule has 0 radical (unpaired) electrons. The minimum atomic E-state index is 0.824. The number of rotatable bonds is 5. The van der Waals surface area contributed by atoms with Crippen LogP contribution in [0.5, 0.6) is 0 Å². The fraction of sp³-hybridized carbons (Fsp3) is 0.286. The topological polar surface area (TPSA) is 15.3 Å². The van der Waals surface area contributed by atoms with Crippen molar-refractivity contribution in [2.24, 2.45) is 0 Å². The van der Waals surface area contributed by atoms with E-state index >= 15 is 0 Å². The molecule has 0 amide bonds. The molecular weight excluding hydrogens is 264 g/mol. The molecule has 96 valence electrons. The summed E-state index contributed by atoms with van der Waals surface area (Å²) in [6.45, 7) is 1.80. The molecule has 0 saturated heterocycles. The van der Waals surface area contributed by atoms with Gasteiger partial charge in [-0.15, -0.1) is 11.3 Å². The summed E-state index contributed by atoms with van der Waals surface area (Å²) in [5, 5.41) is 3.39. The third-order valence-electron chi connectivity index (χ3n) is 2.55. The van der Waals surface area contributed by atoms with Gasteiger partial charge in [0.05, 0.1) is 4.34 Å². The Morgan fingerprint density at radius 2 is 1.83 bits per heavy atom. The Balaban J connectivity index is 1.90. The lowest BCUT2D eigenvalue weighted by Gasteiger charge is -2.10. The highest BCUT2D eigenvalue weighted by molar-refractivity contribution is 7.16. The second-order valence-corrected chi connectivity index (χ2v) is 6.29. The molecule has 0 spiro atoms. The van der Waals surface area contributed by atoms with Gasteiger partial charge in [-0.1, -0.05) is 23.7 Å². The second kappa shape index (κ2) is 6.23. The van der Waals surface area contributed by atoms with Crippen molar-refractivity contribution in [2.45, 2.75) is 13.1 Å². The van der Waals surface area contributed by atoms with Crippen molar-refractivity contribution >= 4 is 28.6 Å². The van der Waals surface area contributed by atoms with Crippen LogP contribution in [0.2, 0.25) is 4.34 Å². The summed E-state index contributed by atoms with van der Waals surface area (Å²) in [6, 6.07) is 12.5. The summed E-state index contributed by atoms with van der Waals surface area (Å²) in [5.74, 6) is 0. The highest BCUT2D eigenvalue weighted by atomic mass is 35.5. The molecule has 1 N–H and O–H groups in total. The predicted octanol–water partition coefficient (Wildman–Crippen LogP) is 4.08. The monoisotopic (exact) mass is 280 g/mol. The van der Waals surface area contributed by atoms with Gasteiger partial charge in [-0.05, 0) is 43.9 Å². The molecule has 2 nitrogen and oxygen atoms in total. The Morgan fingerprint density at radius 3 is 2.39 bits per heavy atom. The van der Waals surface area contributed by atoms with Crippen molar-refractivity contribution in [3.05, 3.63) is 51.2 Å². The van der Waals surface area contributed by atoms with Crippen LogP contribution in [-0.2, 0) is 13.1 Å². The fourth-order valence-electron chi connectivity index (χ4n) is 1.73. The Hall–Kier alpha value is -1.03. The normalized spacial score (nSPS) is 10.9. The molecule has 0 fully saturated rings. The van der Waals surface area contributed by atoms with Crippen molar-refractivity contribution in [1.29, 1.82) is 0 Å². The lowest BCUT2D eigenvalue weighted by atomic mass is 10.2. The van der Waals surface area contributed by atoms with Gasteiger partial charge in [0.15, 0.2) is 0 Å². The van der Waals surface area contributed by atoms with Crippen LogP contribution in [0.15, 0.2) is 36.4 Å². The molecule has 1 heterocycles. The molecule has 0 bridgehead atoms. The van der Waals surface area contributed by atoms with E-state index < -0.39 is 0 Å². The Morgan fingerprint density at radius 1 is 1.11 bits per heavy atom. The molecule has 18 heavy (non-hydrogen) atoms. The first kappa shape index (κ1) is 13.4. The second-order valence-electron chi connectivity index (χ2n) is 4.49. The van der Waals surface area contributed by atoms with Gasteiger partial charge in [0.1, 0.15) is 0 Å². The van der Waals surface area contributed by atoms with Crippen LogP contribution >= 0.6 is 22.9 Å². The van der Waals surface area contributed by atoms with Gasteiger partial charge in [0.2, 0.25) is 0 Å². The molecule has 1 aromatic carbocycles. The summed E-state index contributed by atoms with van der Waals surface area (Å²) in [4.78, 5) is 3.41. The SMILES string of the molecule is CN(C)Cc1ccc(NCc2ccc(Cl)s2)cc1. The third-order valence-corrected chi connectivity index (χ3v) is 3.78. The Labute approximate surface area is 117 Å². The summed E-state index contributed by atoms with van der Waals surface area (Å²) >= 11 is 7.51. The van der Waals surface area contributed by atoms with Gasteiger partial charge in [0, 0.05) is 23.7 Å². The average molecular weight is 281 g/mol. The first-order valence-electron chi connectivity index (χ1n) is 5.85. The van der Waals surface area contributed by atoms with Crippen molar-refractivity contribution in [1.82, 2.24) is 4.90 Å². The van der Waals surface area contributed by atoms with Crippen LogP contribution in [0.4, 0.5) is 5.69 Å². The van der Waals surface area contributed by atoms with E-state index in [1.54, 1.807) is 11.3 Å². The van der Waals surface area contributed by atoms with E-state index in [0.29, 0.717) is 0 Å². The number of halogens is 1. The maximum Gasteiger partial charge on any atom is 0.0931 e. The smallest absolute Gasteiger partial charge is 0.0931 e. The molecule has 2 aromatic rings. The van der Waals surface area contributed by atoms with Gasteiger partial charge < -0.3 is 10.2 Å². The van der Waals surface area contributed by atoms with Crippen LogP contribution in [0.3, 0.4) is 0 Å². The van der Waals surface area contributed by atoms with E-state index in [1.807, 2.05) is 6.07 Å². The number of anilines is 1. The van der Waals surface area contributed by atoms with Crippen LogP contribution < -0.4 is 5.32 Å².